The summed E-state index contributed by atoms with van der Waals surface area (Å²) in [5, 5.41) is 8.92. The van der Waals surface area contributed by atoms with Crippen LogP contribution < -0.4 is 4.72 Å². The molecule has 106 valence electrons. The minimum absolute atomic E-state index is 0.0754. The van der Waals surface area contributed by atoms with Crippen LogP contribution in [-0.2, 0) is 14.8 Å². The maximum Gasteiger partial charge on any atom is 0.305 e. The fourth-order valence-electron chi connectivity index (χ4n) is 2.43. The standard InChI is InChI=1S/C12H23NO4S/c1-10(2)5-8-18(16,17)13-12(9-11(14)15)6-3-4-7-12/h10,13H,3-9H2,1-2H3,(H,14,15). The number of carboxylic acid groups (broad SMARTS) is 1. The molecular weight excluding hydrogens is 254 g/mol. The third-order valence-electron chi connectivity index (χ3n) is 3.39. The largest absolute Gasteiger partial charge is 0.481 e. The summed E-state index contributed by atoms with van der Waals surface area (Å²) in [6.45, 7) is 3.94. The highest BCUT2D eigenvalue weighted by Gasteiger charge is 2.39. The first-order valence-corrected chi connectivity index (χ1v) is 8.13. The molecule has 0 heterocycles. The van der Waals surface area contributed by atoms with Crippen LogP contribution in [-0.4, -0.2) is 30.8 Å². The van der Waals surface area contributed by atoms with Gasteiger partial charge in [0.1, 0.15) is 0 Å². The number of aliphatic carboxylic acids is 1. The van der Waals surface area contributed by atoms with Crippen LogP contribution in [0.15, 0.2) is 0 Å². The van der Waals surface area contributed by atoms with Crippen LogP contribution in [0.25, 0.3) is 0 Å². The zero-order valence-corrected chi connectivity index (χ0v) is 11.9. The molecule has 0 aromatic heterocycles. The van der Waals surface area contributed by atoms with Gasteiger partial charge in [-0.3, -0.25) is 4.79 Å². The SMILES string of the molecule is CC(C)CCS(=O)(=O)NC1(CC(=O)O)CCCC1. The monoisotopic (exact) mass is 277 g/mol. The molecule has 1 rings (SSSR count). The summed E-state index contributed by atoms with van der Waals surface area (Å²) >= 11 is 0. The first kappa shape index (κ1) is 15.4. The predicted molar refractivity (Wildman–Crippen MR) is 69.8 cm³/mol. The molecule has 0 unspecified atom stereocenters. The molecule has 2 N–H and O–H groups in total. The second-order valence-corrected chi connectivity index (χ2v) is 7.50. The van der Waals surface area contributed by atoms with Gasteiger partial charge in [-0.1, -0.05) is 26.7 Å². The van der Waals surface area contributed by atoms with Gasteiger partial charge in [-0.15, -0.1) is 0 Å². The molecule has 0 radical (unpaired) electrons. The van der Waals surface area contributed by atoms with Gasteiger partial charge in [0.25, 0.3) is 0 Å². The maximum absolute atomic E-state index is 12.0. The van der Waals surface area contributed by atoms with E-state index in [0.29, 0.717) is 25.2 Å². The van der Waals surface area contributed by atoms with Crippen molar-refractivity contribution in [1.29, 1.82) is 0 Å². The van der Waals surface area contributed by atoms with E-state index in [0.717, 1.165) is 12.8 Å². The smallest absolute Gasteiger partial charge is 0.305 e. The van der Waals surface area contributed by atoms with E-state index < -0.39 is 21.5 Å². The first-order chi connectivity index (χ1) is 8.25. The summed E-state index contributed by atoms with van der Waals surface area (Å²) < 4.78 is 26.6. The quantitative estimate of drug-likeness (QED) is 0.742. The van der Waals surface area contributed by atoms with Crippen LogP contribution in [0.4, 0.5) is 0 Å². The molecule has 5 nitrogen and oxygen atoms in total. The van der Waals surface area contributed by atoms with Crippen molar-refractivity contribution < 1.29 is 18.3 Å². The van der Waals surface area contributed by atoms with E-state index in [-0.39, 0.29) is 12.2 Å². The highest BCUT2D eigenvalue weighted by Crippen LogP contribution is 2.33. The van der Waals surface area contributed by atoms with Crippen molar-refractivity contribution in [3.8, 4) is 0 Å². The Labute approximate surface area is 109 Å². The van der Waals surface area contributed by atoms with E-state index in [2.05, 4.69) is 4.72 Å². The van der Waals surface area contributed by atoms with E-state index in [1.165, 1.54) is 0 Å². The Balaban J connectivity index is 2.68. The molecule has 6 heteroatoms. The van der Waals surface area contributed by atoms with Crippen LogP contribution in [0.3, 0.4) is 0 Å². The van der Waals surface area contributed by atoms with Crippen LogP contribution in [0.5, 0.6) is 0 Å². The molecule has 0 amide bonds. The minimum atomic E-state index is -3.38. The van der Waals surface area contributed by atoms with Crippen molar-refractivity contribution in [3.63, 3.8) is 0 Å². The lowest BCUT2D eigenvalue weighted by Gasteiger charge is -2.28. The molecule has 0 saturated heterocycles. The van der Waals surface area contributed by atoms with Gasteiger partial charge in [0, 0.05) is 5.54 Å². The average molecular weight is 277 g/mol. The average Bonchev–Trinajstić information content (AvgIpc) is 2.61. The Kier molecular flexibility index (Phi) is 5.16. The summed E-state index contributed by atoms with van der Waals surface area (Å²) in [5.74, 6) is -0.546. The van der Waals surface area contributed by atoms with E-state index in [1.54, 1.807) is 0 Å². The van der Waals surface area contributed by atoms with E-state index in [9.17, 15) is 13.2 Å². The highest BCUT2D eigenvalue weighted by atomic mass is 32.2. The van der Waals surface area contributed by atoms with Crippen LogP contribution in [0.1, 0.15) is 52.4 Å². The van der Waals surface area contributed by atoms with Gasteiger partial charge in [-0.05, 0) is 25.2 Å². The van der Waals surface area contributed by atoms with Crippen LogP contribution in [0, 0.1) is 5.92 Å². The highest BCUT2D eigenvalue weighted by molar-refractivity contribution is 7.89. The molecule has 0 bridgehead atoms. The third kappa shape index (κ3) is 4.94. The Morgan fingerprint density at radius 1 is 1.33 bits per heavy atom. The van der Waals surface area contributed by atoms with Crippen molar-refractivity contribution in [3.05, 3.63) is 0 Å². The fraction of sp³-hybridized carbons (Fsp3) is 0.917. The zero-order valence-electron chi connectivity index (χ0n) is 11.1. The summed E-state index contributed by atoms with van der Waals surface area (Å²) in [4.78, 5) is 10.9. The first-order valence-electron chi connectivity index (χ1n) is 6.48. The number of sulfonamides is 1. The Hall–Kier alpha value is -0.620. The molecule has 1 aliphatic rings. The number of carbonyl (C=O) groups is 1. The van der Waals surface area contributed by atoms with E-state index >= 15 is 0 Å². The van der Waals surface area contributed by atoms with Gasteiger partial charge in [0.15, 0.2) is 0 Å². The molecule has 0 spiro atoms. The predicted octanol–water partition coefficient (Wildman–Crippen LogP) is 1.74. The number of carboxylic acids is 1. The molecule has 18 heavy (non-hydrogen) atoms. The molecule has 1 fully saturated rings. The maximum atomic E-state index is 12.0. The van der Waals surface area contributed by atoms with Gasteiger partial charge in [-0.25, -0.2) is 13.1 Å². The molecule has 1 saturated carbocycles. The lowest BCUT2D eigenvalue weighted by atomic mass is 9.95. The van der Waals surface area contributed by atoms with Gasteiger partial charge in [0.2, 0.25) is 10.0 Å². The second kappa shape index (κ2) is 6.02. The molecule has 0 aromatic carbocycles. The summed E-state index contributed by atoms with van der Waals surface area (Å²) in [5.41, 5.74) is -0.748. The second-order valence-electron chi connectivity index (χ2n) is 5.66. The fourth-order valence-corrected chi connectivity index (χ4v) is 4.25. The van der Waals surface area contributed by atoms with Gasteiger partial charge < -0.3 is 5.11 Å². The molecule has 1 aliphatic carbocycles. The molecular formula is C12H23NO4S. The van der Waals surface area contributed by atoms with Gasteiger partial charge in [-0.2, -0.15) is 0 Å². The third-order valence-corrected chi connectivity index (χ3v) is 4.90. The van der Waals surface area contributed by atoms with Crippen molar-refractivity contribution in [2.24, 2.45) is 5.92 Å². The molecule has 0 aromatic rings. The van der Waals surface area contributed by atoms with Crippen molar-refractivity contribution >= 4 is 16.0 Å². The van der Waals surface area contributed by atoms with Crippen LogP contribution in [0.2, 0.25) is 0 Å². The normalized spacial score (nSPS) is 19.3. The lowest BCUT2D eigenvalue weighted by molar-refractivity contribution is -0.138. The van der Waals surface area contributed by atoms with Crippen LogP contribution >= 0.6 is 0 Å². The summed E-state index contributed by atoms with van der Waals surface area (Å²) in [7, 11) is -3.38. The molecule has 0 aliphatic heterocycles. The lowest BCUT2D eigenvalue weighted by Crippen LogP contribution is -2.48. The van der Waals surface area contributed by atoms with E-state index in [4.69, 9.17) is 5.11 Å². The van der Waals surface area contributed by atoms with E-state index in [1.807, 2.05) is 13.8 Å². The number of hydrogen-bond acceptors (Lipinski definition) is 3. The Morgan fingerprint density at radius 2 is 1.89 bits per heavy atom. The minimum Gasteiger partial charge on any atom is -0.481 e. The topological polar surface area (TPSA) is 83.5 Å². The zero-order chi connectivity index (χ0) is 13.8. The molecule has 0 atom stereocenters. The summed E-state index contributed by atoms with van der Waals surface area (Å²) in [6, 6.07) is 0. The van der Waals surface area contributed by atoms with Crippen molar-refractivity contribution in [2.75, 3.05) is 5.75 Å². The number of nitrogens with one attached hydrogen (secondary N) is 1. The number of hydrogen-bond donors (Lipinski definition) is 2. The van der Waals surface area contributed by atoms with Crippen molar-refractivity contribution in [1.82, 2.24) is 4.72 Å². The van der Waals surface area contributed by atoms with Gasteiger partial charge in [0.05, 0.1) is 12.2 Å². The summed E-state index contributed by atoms with van der Waals surface area (Å²) in [6.07, 6.45) is 3.51. The van der Waals surface area contributed by atoms with Gasteiger partial charge >= 0.3 is 5.97 Å². The van der Waals surface area contributed by atoms with Crippen molar-refractivity contribution in [2.45, 2.75) is 57.9 Å². The number of rotatable bonds is 7. The Morgan fingerprint density at radius 3 is 2.33 bits per heavy atom. The Bertz CT molecular complexity index is 383.